The molecule has 1 aliphatic carbocycles. The number of nitrogens with zero attached hydrogens (tertiary/aromatic N) is 2. The zero-order valence-electron chi connectivity index (χ0n) is 13.4. The zero-order chi connectivity index (χ0) is 16.5. The summed E-state index contributed by atoms with van der Waals surface area (Å²) in [6.45, 7) is 6.07. The van der Waals surface area contributed by atoms with E-state index in [2.05, 4.69) is 34.0 Å². The van der Waals surface area contributed by atoms with E-state index in [1.54, 1.807) is 22.7 Å². The van der Waals surface area contributed by atoms with Crippen molar-refractivity contribution in [3.8, 4) is 0 Å². The van der Waals surface area contributed by atoms with Crippen molar-refractivity contribution < 1.29 is 0 Å². The van der Waals surface area contributed by atoms with Crippen LogP contribution in [-0.4, -0.2) is 21.4 Å². The summed E-state index contributed by atoms with van der Waals surface area (Å²) in [4.78, 5) is 26.1. The van der Waals surface area contributed by atoms with E-state index in [1.165, 1.54) is 15.3 Å². The normalized spacial score (nSPS) is 13.7. The van der Waals surface area contributed by atoms with E-state index in [9.17, 15) is 4.79 Å². The first-order chi connectivity index (χ1) is 11.7. The topological polar surface area (TPSA) is 49.0 Å². The smallest absolute Gasteiger partial charge is 0.259 e. The summed E-state index contributed by atoms with van der Waals surface area (Å²) < 4.78 is 0. The number of fused-ring (bicyclic) bond motifs is 3. The molecule has 0 saturated heterocycles. The largest absolute Gasteiger partial charge is 0.309 e. The number of rotatable bonds is 6. The highest BCUT2D eigenvalue weighted by molar-refractivity contribution is 7.18. The van der Waals surface area contributed by atoms with E-state index in [4.69, 9.17) is 4.98 Å². The molecule has 0 unspecified atom stereocenters. The third-order valence-corrected chi connectivity index (χ3v) is 6.39. The molecule has 0 radical (unpaired) electrons. The lowest BCUT2D eigenvalue weighted by Gasteiger charge is -2.19. The number of nitrogens with one attached hydrogen (secondary N) is 1. The van der Waals surface area contributed by atoms with Crippen LogP contribution in [0, 0.1) is 0 Å². The van der Waals surface area contributed by atoms with Gasteiger partial charge in [0.1, 0.15) is 10.7 Å². The maximum absolute atomic E-state index is 12.6. The molecule has 0 atom stereocenters. The number of H-pyrrole nitrogens is 1. The molecule has 1 N–H and O–H groups in total. The van der Waals surface area contributed by atoms with E-state index in [-0.39, 0.29) is 5.56 Å². The summed E-state index contributed by atoms with van der Waals surface area (Å²) in [5.41, 5.74) is 1.25. The Morgan fingerprint density at radius 3 is 3.08 bits per heavy atom. The molecule has 24 heavy (non-hydrogen) atoms. The van der Waals surface area contributed by atoms with Gasteiger partial charge in [0, 0.05) is 22.8 Å². The van der Waals surface area contributed by atoms with Crippen LogP contribution in [0.25, 0.3) is 10.2 Å². The van der Waals surface area contributed by atoms with Crippen LogP contribution in [0.5, 0.6) is 0 Å². The quantitative estimate of drug-likeness (QED) is 0.684. The second kappa shape index (κ2) is 6.63. The van der Waals surface area contributed by atoms with Gasteiger partial charge in [-0.3, -0.25) is 9.69 Å². The monoisotopic (exact) mass is 357 g/mol. The van der Waals surface area contributed by atoms with Gasteiger partial charge >= 0.3 is 0 Å². The van der Waals surface area contributed by atoms with Crippen LogP contribution >= 0.6 is 22.7 Å². The maximum Gasteiger partial charge on any atom is 0.259 e. The molecular formula is C18H19N3OS2. The van der Waals surface area contributed by atoms with Crippen molar-refractivity contribution in [3.05, 3.63) is 61.7 Å². The highest BCUT2D eigenvalue weighted by Crippen LogP contribution is 2.34. The Balaban J connectivity index is 1.63. The van der Waals surface area contributed by atoms with Gasteiger partial charge in [0.15, 0.2) is 0 Å². The Kier molecular flexibility index (Phi) is 4.35. The molecule has 0 fully saturated rings. The summed E-state index contributed by atoms with van der Waals surface area (Å²) in [7, 11) is 0. The summed E-state index contributed by atoms with van der Waals surface area (Å²) in [5.74, 6) is 0.742. The van der Waals surface area contributed by atoms with Crippen molar-refractivity contribution in [1.82, 2.24) is 14.9 Å². The number of thiophene rings is 2. The molecular weight excluding hydrogens is 338 g/mol. The van der Waals surface area contributed by atoms with Crippen molar-refractivity contribution >= 4 is 32.9 Å². The molecule has 0 spiro atoms. The maximum atomic E-state index is 12.6. The summed E-state index contributed by atoms with van der Waals surface area (Å²) >= 11 is 3.44. The van der Waals surface area contributed by atoms with E-state index in [1.807, 2.05) is 6.08 Å². The van der Waals surface area contributed by atoms with Crippen molar-refractivity contribution in [2.75, 3.05) is 6.54 Å². The van der Waals surface area contributed by atoms with Crippen LogP contribution < -0.4 is 5.56 Å². The van der Waals surface area contributed by atoms with E-state index in [0.29, 0.717) is 6.54 Å². The van der Waals surface area contributed by atoms with Crippen LogP contribution in [0.4, 0.5) is 0 Å². The van der Waals surface area contributed by atoms with Crippen LogP contribution in [0.2, 0.25) is 0 Å². The molecule has 1 aliphatic rings. The van der Waals surface area contributed by atoms with Crippen LogP contribution in [0.15, 0.2) is 35.0 Å². The van der Waals surface area contributed by atoms with Gasteiger partial charge in [-0.1, -0.05) is 12.1 Å². The number of hydrogen-bond donors (Lipinski definition) is 1. The Morgan fingerprint density at radius 2 is 2.29 bits per heavy atom. The molecule has 3 aromatic rings. The Bertz CT molecular complexity index is 924. The first-order valence-corrected chi connectivity index (χ1v) is 9.83. The summed E-state index contributed by atoms with van der Waals surface area (Å²) in [6, 6.07) is 4.19. The van der Waals surface area contributed by atoms with Crippen molar-refractivity contribution in [1.29, 1.82) is 0 Å². The Hall–Kier alpha value is -1.76. The highest BCUT2D eigenvalue weighted by Gasteiger charge is 2.21. The lowest BCUT2D eigenvalue weighted by atomic mass is 10.2. The van der Waals surface area contributed by atoms with Gasteiger partial charge in [-0.25, -0.2) is 4.98 Å². The average molecular weight is 358 g/mol. The average Bonchev–Trinajstić information content (AvgIpc) is 3.23. The molecule has 3 heterocycles. The number of aromatic nitrogens is 2. The van der Waals surface area contributed by atoms with Gasteiger partial charge in [0.05, 0.1) is 11.9 Å². The van der Waals surface area contributed by atoms with Gasteiger partial charge in [-0.2, -0.15) is 0 Å². The fourth-order valence-electron chi connectivity index (χ4n) is 3.32. The van der Waals surface area contributed by atoms with Crippen LogP contribution in [0.1, 0.15) is 27.6 Å². The molecule has 0 bridgehead atoms. The number of hydrogen-bond acceptors (Lipinski definition) is 5. The summed E-state index contributed by atoms with van der Waals surface area (Å²) in [5, 5.41) is 2.91. The molecule has 124 valence electrons. The molecule has 0 aliphatic heterocycles. The van der Waals surface area contributed by atoms with E-state index < -0.39 is 0 Å². The molecule has 0 aromatic carbocycles. The lowest BCUT2D eigenvalue weighted by molar-refractivity contribution is 0.281. The number of aromatic amines is 1. The molecule has 0 amide bonds. The van der Waals surface area contributed by atoms with Crippen molar-refractivity contribution in [2.24, 2.45) is 0 Å². The highest BCUT2D eigenvalue weighted by atomic mass is 32.1. The molecule has 0 saturated carbocycles. The fraction of sp³-hybridized carbons (Fsp3) is 0.333. The Morgan fingerprint density at radius 1 is 1.38 bits per heavy atom. The van der Waals surface area contributed by atoms with Gasteiger partial charge < -0.3 is 4.98 Å². The molecule has 3 aromatic heterocycles. The van der Waals surface area contributed by atoms with Crippen LogP contribution in [0.3, 0.4) is 0 Å². The molecule has 4 nitrogen and oxygen atoms in total. The Labute approximate surface area is 148 Å². The standard InChI is InChI=1S/C18H19N3OS2/c1-2-8-21(10-12-5-4-9-23-12)11-15-19-17(22)16-13-6-3-7-14(13)24-18(16)20-15/h2,4-5,9H,1,3,6-8,10-11H2,(H,19,20,22). The second-order valence-electron chi connectivity index (χ2n) is 6.09. The van der Waals surface area contributed by atoms with Crippen molar-refractivity contribution in [3.63, 3.8) is 0 Å². The predicted octanol–water partition coefficient (Wildman–Crippen LogP) is 3.72. The first kappa shape index (κ1) is 15.7. The van der Waals surface area contributed by atoms with E-state index >= 15 is 0 Å². The van der Waals surface area contributed by atoms with Gasteiger partial charge in [-0.05, 0) is 36.3 Å². The van der Waals surface area contributed by atoms with Gasteiger partial charge in [-0.15, -0.1) is 29.3 Å². The summed E-state index contributed by atoms with van der Waals surface area (Å²) in [6.07, 6.45) is 5.16. The van der Waals surface area contributed by atoms with Crippen molar-refractivity contribution in [2.45, 2.75) is 32.4 Å². The van der Waals surface area contributed by atoms with Gasteiger partial charge in [0.2, 0.25) is 0 Å². The third-order valence-electron chi connectivity index (χ3n) is 4.34. The molecule has 4 rings (SSSR count). The van der Waals surface area contributed by atoms with Gasteiger partial charge in [0.25, 0.3) is 5.56 Å². The second-order valence-corrected chi connectivity index (χ2v) is 8.20. The molecule has 6 heteroatoms. The first-order valence-electron chi connectivity index (χ1n) is 8.13. The number of aryl methyl sites for hydroxylation is 2. The fourth-order valence-corrected chi connectivity index (χ4v) is 5.35. The van der Waals surface area contributed by atoms with E-state index in [0.717, 1.165) is 48.4 Å². The minimum atomic E-state index is 0.0177. The van der Waals surface area contributed by atoms with Crippen LogP contribution in [-0.2, 0) is 25.9 Å². The third kappa shape index (κ3) is 2.97. The zero-order valence-corrected chi connectivity index (χ0v) is 15.0. The predicted molar refractivity (Wildman–Crippen MR) is 101 cm³/mol. The SMILES string of the molecule is C=CCN(Cc1nc2sc3c(c2c(=O)[nH]1)CCC3)Cc1cccs1. The lowest BCUT2D eigenvalue weighted by Crippen LogP contribution is -2.25. The minimum Gasteiger partial charge on any atom is -0.309 e. The minimum absolute atomic E-state index is 0.0177.